The molecule has 21 heavy (non-hydrogen) atoms. The molecule has 0 spiro atoms. The largest absolute Gasteiger partial charge is 0.494 e. The minimum Gasteiger partial charge on any atom is -0.494 e. The van der Waals surface area contributed by atoms with Gasteiger partial charge in [-0.2, -0.15) is 0 Å². The van der Waals surface area contributed by atoms with Crippen LogP contribution < -0.4 is 4.74 Å². The van der Waals surface area contributed by atoms with Crippen molar-refractivity contribution in [1.29, 1.82) is 0 Å². The smallest absolute Gasteiger partial charge is 0.166 e. The third-order valence-corrected chi connectivity index (χ3v) is 4.24. The summed E-state index contributed by atoms with van der Waals surface area (Å²) in [7, 11) is 3.01. The van der Waals surface area contributed by atoms with Crippen LogP contribution in [-0.4, -0.2) is 26.1 Å². The molecule has 2 rings (SSSR count). The Balaban J connectivity index is 2.03. The molecule has 0 heterocycles. The van der Waals surface area contributed by atoms with Gasteiger partial charge >= 0.3 is 0 Å². The number of methoxy groups -OCH3 is 2. The summed E-state index contributed by atoms with van der Waals surface area (Å²) in [5.74, 6) is 0.101. The second kappa shape index (κ2) is 7.55. The van der Waals surface area contributed by atoms with Gasteiger partial charge in [-0.1, -0.05) is 25.3 Å². The Labute approximate surface area is 125 Å². The fourth-order valence-electron chi connectivity index (χ4n) is 3.15. The predicted octanol–water partition coefficient (Wildman–Crippen LogP) is 3.54. The summed E-state index contributed by atoms with van der Waals surface area (Å²) in [6, 6.07) is 4.65. The molecule has 0 aromatic heterocycles. The normalized spacial score (nSPS) is 17.5. The van der Waals surface area contributed by atoms with Crippen molar-refractivity contribution in [3.63, 3.8) is 0 Å². The highest BCUT2D eigenvalue weighted by Crippen LogP contribution is 2.29. The van der Waals surface area contributed by atoms with Gasteiger partial charge in [0, 0.05) is 13.5 Å². The minimum atomic E-state index is -0.436. The number of ether oxygens (including phenoxy) is 2. The van der Waals surface area contributed by atoms with Crippen LogP contribution in [0.4, 0.5) is 4.39 Å². The molecule has 3 nitrogen and oxygen atoms in total. The third-order valence-electron chi connectivity index (χ3n) is 4.24. The van der Waals surface area contributed by atoms with E-state index in [1.54, 1.807) is 19.2 Å². The highest BCUT2D eigenvalue weighted by atomic mass is 19.1. The predicted molar refractivity (Wildman–Crippen MR) is 79.0 cm³/mol. The maximum atomic E-state index is 13.7. The summed E-state index contributed by atoms with van der Waals surface area (Å²) in [4.78, 5) is 12.4. The first-order valence-corrected chi connectivity index (χ1v) is 7.53. The first kappa shape index (κ1) is 16.0. The number of carbonyl (C=O) groups excluding carboxylic acids is 1. The quantitative estimate of drug-likeness (QED) is 0.805. The zero-order chi connectivity index (χ0) is 15.2. The van der Waals surface area contributed by atoms with Crippen molar-refractivity contribution in [2.45, 2.75) is 44.6 Å². The Bertz CT molecular complexity index is 481. The van der Waals surface area contributed by atoms with Crippen molar-refractivity contribution >= 4 is 5.78 Å². The van der Waals surface area contributed by atoms with E-state index in [4.69, 9.17) is 9.47 Å². The molecule has 1 aliphatic rings. The highest BCUT2D eigenvalue weighted by Gasteiger charge is 2.29. The number of hydrogen-bond donors (Lipinski definition) is 0. The Morgan fingerprint density at radius 1 is 1.29 bits per heavy atom. The van der Waals surface area contributed by atoms with Crippen LogP contribution >= 0.6 is 0 Å². The fraction of sp³-hybridized carbons (Fsp3) is 0.588. The van der Waals surface area contributed by atoms with Crippen molar-refractivity contribution in [3.8, 4) is 5.75 Å². The zero-order valence-electron chi connectivity index (χ0n) is 12.7. The summed E-state index contributed by atoms with van der Waals surface area (Å²) in [5, 5.41) is 0. The van der Waals surface area contributed by atoms with Crippen LogP contribution in [0, 0.1) is 11.7 Å². The van der Waals surface area contributed by atoms with E-state index in [0.717, 1.165) is 25.7 Å². The summed E-state index contributed by atoms with van der Waals surface area (Å²) in [5.41, 5.74) is 0.663. The first-order valence-electron chi connectivity index (χ1n) is 7.53. The van der Waals surface area contributed by atoms with E-state index in [1.807, 2.05) is 0 Å². The molecule has 4 heteroatoms. The number of halogens is 1. The van der Waals surface area contributed by atoms with Gasteiger partial charge in [0.05, 0.1) is 7.11 Å². The molecule has 1 aromatic rings. The SMILES string of the molecule is COc1ccc(CC(=O)C(OC)C2CCCCC2)cc1F. The van der Waals surface area contributed by atoms with Gasteiger partial charge in [0.1, 0.15) is 6.10 Å². The number of benzene rings is 1. The molecular formula is C17H23FO3. The van der Waals surface area contributed by atoms with Gasteiger partial charge in [0.25, 0.3) is 0 Å². The average Bonchev–Trinajstić information content (AvgIpc) is 2.49. The van der Waals surface area contributed by atoms with Crippen LogP contribution in [0.1, 0.15) is 37.7 Å². The van der Waals surface area contributed by atoms with Gasteiger partial charge in [-0.05, 0) is 36.5 Å². The van der Waals surface area contributed by atoms with Crippen LogP contribution in [0.15, 0.2) is 18.2 Å². The molecule has 0 radical (unpaired) electrons. The number of carbonyl (C=O) groups is 1. The van der Waals surface area contributed by atoms with Crippen molar-refractivity contribution in [2.75, 3.05) is 14.2 Å². The number of ketones is 1. The molecule has 1 aromatic carbocycles. The summed E-state index contributed by atoms with van der Waals surface area (Å²) < 4.78 is 24.0. The van der Waals surface area contributed by atoms with Gasteiger partial charge in [0.2, 0.25) is 0 Å². The number of rotatable bonds is 6. The lowest BCUT2D eigenvalue weighted by Crippen LogP contribution is -2.34. The molecule has 116 valence electrons. The van der Waals surface area contributed by atoms with Crippen LogP contribution in [0.3, 0.4) is 0 Å². The maximum absolute atomic E-state index is 13.7. The molecule has 1 unspecified atom stereocenters. The van der Waals surface area contributed by atoms with E-state index >= 15 is 0 Å². The molecule has 0 amide bonds. The van der Waals surface area contributed by atoms with Crippen molar-refractivity contribution in [3.05, 3.63) is 29.6 Å². The Hall–Kier alpha value is -1.42. The number of hydrogen-bond acceptors (Lipinski definition) is 3. The zero-order valence-corrected chi connectivity index (χ0v) is 12.7. The Morgan fingerprint density at radius 3 is 2.57 bits per heavy atom. The first-order chi connectivity index (χ1) is 10.2. The molecule has 0 aliphatic heterocycles. The Kier molecular flexibility index (Phi) is 5.74. The van der Waals surface area contributed by atoms with Crippen molar-refractivity contribution in [2.24, 2.45) is 5.92 Å². The molecular weight excluding hydrogens is 271 g/mol. The van der Waals surface area contributed by atoms with Crippen molar-refractivity contribution in [1.82, 2.24) is 0 Å². The van der Waals surface area contributed by atoms with E-state index in [0.29, 0.717) is 11.5 Å². The molecule has 1 aliphatic carbocycles. The van der Waals surface area contributed by atoms with Crippen LogP contribution in [0.5, 0.6) is 5.75 Å². The average molecular weight is 294 g/mol. The topological polar surface area (TPSA) is 35.5 Å². The van der Waals surface area contributed by atoms with E-state index < -0.39 is 5.82 Å². The molecule has 1 saturated carbocycles. The van der Waals surface area contributed by atoms with Crippen LogP contribution in [0.25, 0.3) is 0 Å². The van der Waals surface area contributed by atoms with Gasteiger partial charge in [0.15, 0.2) is 17.3 Å². The second-order valence-electron chi connectivity index (χ2n) is 5.67. The van der Waals surface area contributed by atoms with Gasteiger partial charge in [-0.15, -0.1) is 0 Å². The lowest BCUT2D eigenvalue weighted by atomic mass is 9.82. The van der Waals surface area contributed by atoms with Gasteiger partial charge in [-0.25, -0.2) is 4.39 Å². The monoisotopic (exact) mass is 294 g/mol. The van der Waals surface area contributed by atoms with E-state index in [-0.39, 0.29) is 24.1 Å². The van der Waals surface area contributed by atoms with Crippen LogP contribution in [0.2, 0.25) is 0 Å². The van der Waals surface area contributed by atoms with Gasteiger partial charge < -0.3 is 9.47 Å². The lowest BCUT2D eigenvalue weighted by Gasteiger charge is -2.28. The van der Waals surface area contributed by atoms with Gasteiger partial charge in [-0.3, -0.25) is 4.79 Å². The van der Waals surface area contributed by atoms with E-state index in [9.17, 15) is 9.18 Å². The maximum Gasteiger partial charge on any atom is 0.166 e. The lowest BCUT2D eigenvalue weighted by molar-refractivity contribution is -0.132. The molecule has 0 bridgehead atoms. The minimum absolute atomic E-state index is 0.0361. The van der Waals surface area contributed by atoms with Crippen LogP contribution in [-0.2, 0) is 16.0 Å². The summed E-state index contributed by atoms with van der Waals surface area (Å²) in [6.45, 7) is 0. The summed E-state index contributed by atoms with van der Waals surface area (Å²) >= 11 is 0. The highest BCUT2D eigenvalue weighted by molar-refractivity contribution is 5.85. The summed E-state index contributed by atoms with van der Waals surface area (Å²) in [6.07, 6.45) is 5.49. The molecule has 1 fully saturated rings. The number of Topliss-reactive ketones (excluding diaryl/α,β-unsaturated/α-hetero) is 1. The molecule has 0 saturated heterocycles. The second-order valence-corrected chi connectivity index (χ2v) is 5.67. The Morgan fingerprint density at radius 2 is 2.00 bits per heavy atom. The van der Waals surface area contributed by atoms with E-state index in [1.165, 1.54) is 19.6 Å². The third kappa shape index (κ3) is 4.03. The van der Waals surface area contributed by atoms with Crippen molar-refractivity contribution < 1.29 is 18.7 Å². The van der Waals surface area contributed by atoms with E-state index in [2.05, 4.69) is 0 Å². The fourth-order valence-corrected chi connectivity index (χ4v) is 3.15. The standard InChI is InChI=1S/C17H23FO3/c1-20-16-9-8-12(10-14(16)18)11-15(19)17(21-2)13-6-4-3-5-7-13/h8-10,13,17H,3-7,11H2,1-2H3. The molecule has 0 N–H and O–H groups in total. The molecule has 1 atom stereocenters.